The first kappa shape index (κ1) is 12.3. The van der Waals surface area contributed by atoms with E-state index in [1.165, 1.54) is 11.3 Å². The number of aromatic nitrogens is 2. The Labute approximate surface area is 109 Å². The summed E-state index contributed by atoms with van der Waals surface area (Å²) in [4.78, 5) is 9.54. The molecule has 2 rings (SSSR count). The molecule has 0 radical (unpaired) electrons. The molecule has 2 aromatic rings. The molecule has 0 aliphatic heterocycles. The quantitative estimate of drug-likeness (QED) is 0.895. The van der Waals surface area contributed by atoms with Crippen LogP contribution in [0.15, 0.2) is 24.5 Å². The SMILES string of the molecule is CC(CN)Nc1ncc(-c2ccc(Cl)s2)cn1. The molecule has 90 valence electrons. The molecule has 1 unspecified atom stereocenters. The first-order valence-corrected chi connectivity index (χ1v) is 6.43. The summed E-state index contributed by atoms with van der Waals surface area (Å²) < 4.78 is 0.763. The van der Waals surface area contributed by atoms with E-state index in [2.05, 4.69) is 15.3 Å². The van der Waals surface area contributed by atoms with E-state index < -0.39 is 0 Å². The van der Waals surface area contributed by atoms with E-state index >= 15 is 0 Å². The van der Waals surface area contributed by atoms with Gasteiger partial charge in [-0.25, -0.2) is 9.97 Å². The first-order chi connectivity index (χ1) is 8.19. The van der Waals surface area contributed by atoms with Crippen molar-refractivity contribution in [1.82, 2.24) is 9.97 Å². The molecule has 6 heteroatoms. The maximum absolute atomic E-state index is 5.88. The molecular weight excluding hydrogens is 256 g/mol. The van der Waals surface area contributed by atoms with Crippen molar-refractivity contribution in [3.8, 4) is 10.4 Å². The highest BCUT2D eigenvalue weighted by Crippen LogP contribution is 2.30. The number of hydrogen-bond acceptors (Lipinski definition) is 5. The van der Waals surface area contributed by atoms with Crippen molar-refractivity contribution in [3.63, 3.8) is 0 Å². The van der Waals surface area contributed by atoms with Crippen LogP contribution in [0.1, 0.15) is 6.92 Å². The van der Waals surface area contributed by atoms with E-state index in [-0.39, 0.29) is 6.04 Å². The summed E-state index contributed by atoms with van der Waals surface area (Å²) in [7, 11) is 0. The molecular formula is C11H13ClN4S. The summed E-state index contributed by atoms with van der Waals surface area (Å²) in [6.45, 7) is 2.53. The summed E-state index contributed by atoms with van der Waals surface area (Å²) in [6, 6.07) is 3.99. The Morgan fingerprint density at radius 3 is 2.65 bits per heavy atom. The minimum absolute atomic E-state index is 0.164. The average Bonchev–Trinajstić information content (AvgIpc) is 2.77. The molecule has 4 nitrogen and oxygen atoms in total. The third-order valence-electron chi connectivity index (χ3n) is 2.24. The van der Waals surface area contributed by atoms with Crippen molar-refractivity contribution in [3.05, 3.63) is 28.9 Å². The second kappa shape index (κ2) is 5.44. The van der Waals surface area contributed by atoms with Gasteiger partial charge >= 0.3 is 0 Å². The predicted molar refractivity (Wildman–Crippen MR) is 72.5 cm³/mol. The van der Waals surface area contributed by atoms with Gasteiger partial charge in [0.15, 0.2) is 0 Å². The molecule has 1 atom stereocenters. The zero-order valence-corrected chi connectivity index (χ0v) is 10.9. The van der Waals surface area contributed by atoms with Gasteiger partial charge in [-0.2, -0.15) is 0 Å². The smallest absolute Gasteiger partial charge is 0.222 e. The van der Waals surface area contributed by atoms with Crippen molar-refractivity contribution < 1.29 is 0 Å². The van der Waals surface area contributed by atoms with Crippen molar-refractivity contribution in [2.75, 3.05) is 11.9 Å². The molecule has 3 N–H and O–H groups in total. The average molecular weight is 269 g/mol. The summed E-state index contributed by atoms with van der Waals surface area (Å²) in [5.41, 5.74) is 6.48. The standard InChI is InChI=1S/C11H13ClN4S/c1-7(4-13)16-11-14-5-8(6-15-11)9-2-3-10(12)17-9/h2-3,5-7H,4,13H2,1H3,(H,14,15,16). The molecule has 0 fully saturated rings. The van der Waals surface area contributed by atoms with Gasteiger partial charge in [0.05, 0.1) is 4.34 Å². The molecule has 0 aliphatic carbocycles. The molecule has 0 spiro atoms. The molecule has 2 heterocycles. The van der Waals surface area contributed by atoms with Crippen LogP contribution in [0.2, 0.25) is 4.34 Å². The molecule has 0 aromatic carbocycles. The lowest BCUT2D eigenvalue weighted by Gasteiger charge is -2.10. The molecule has 0 amide bonds. The van der Waals surface area contributed by atoms with Crippen LogP contribution >= 0.6 is 22.9 Å². The summed E-state index contributed by atoms with van der Waals surface area (Å²) in [5.74, 6) is 0.592. The van der Waals surface area contributed by atoms with Gasteiger partial charge in [-0.1, -0.05) is 11.6 Å². The van der Waals surface area contributed by atoms with Crippen molar-refractivity contribution in [2.45, 2.75) is 13.0 Å². The second-order valence-corrected chi connectivity index (χ2v) is 5.40. The molecule has 0 bridgehead atoms. The number of halogens is 1. The van der Waals surface area contributed by atoms with Crippen LogP contribution in [0.25, 0.3) is 10.4 Å². The molecule has 0 saturated heterocycles. The summed E-state index contributed by atoms with van der Waals surface area (Å²) in [6.07, 6.45) is 3.56. The third-order valence-corrected chi connectivity index (χ3v) is 3.52. The number of nitrogens with one attached hydrogen (secondary N) is 1. The van der Waals surface area contributed by atoms with E-state index in [1.807, 2.05) is 19.1 Å². The lowest BCUT2D eigenvalue weighted by molar-refractivity contribution is 0.790. The number of thiophene rings is 1. The van der Waals surface area contributed by atoms with Gasteiger partial charge in [0, 0.05) is 35.4 Å². The van der Waals surface area contributed by atoms with Crippen molar-refractivity contribution >= 4 is 28.9 Å². The van der Waals surface area contributed by atoms with Gasteiger partial charge < -0.3 is 11.1 Å². The molecule has 17 heavy (non-hydrogen) atoms. The second-order valence-electron chi connectivity index (χ2n) is 3.68. The molecule has 0 saturated carbocycles. The highest BCUT2D eigenvalue weighted by molar-refractivity contribution is 7.19. The number of nitrogens with two attached hydrogens (primary N) is 1. The lowest BCUT2D eigenvalue weighted by atomic mass is 10.3. The maximum Gasteiger partial charge on any atom is 0.222 e. The van der Waals surface area contributed by atoms with Crippen LogP contribution in [0, 0.1) is 0 Å². The Hall–Kier alpha value is -1.17. The topological polar surface area (TPSA) is 63.8 Å². The predicted octanol–water partition coefficient (Wildman–Crippen LogP) is 2.62. The fourth-order valence-corrected chi connectivity index (χ4v) is 2.30. The minimum atomic E-state index is 0.164. The van der Waals surface area contributed by atoms with Crippen LogP contribution in [-0.4, -0.2) is 22.6 Å². The van der Waals surface area contributed by atoms with E-state index in [4.69, 9.17) is 17.3 Å². The highest BCUT2D eigenvalue weighted by Gasteiger charge is 2.05. The van der Waals surface area contributed by atoms with Crippen molar-refractivity contribution in [2.24, 2.45) is 5.73 Å². The first-order valence-electron chi connectivity index (χ1n) is 5.23. The number of rotatable bonds is 4. The zero-order chi connectivity index (χ0) is 12.3. The molecule has 2 aromatic heterocycles. The lowest BCUT2D eigenvalue weighted by Crippen LogP contribution is -2.26. The Morgan fingerprint density at radius 1 is 1.41 bits per heavy atom. The van der Waals surface area contributed by atoms with E-state index in [9.17, 15) is 0 Å². The Bertz CT molecular complexity index is 482. The van der Waals surface area contributed by atoms with Gasteiger partial charge in [0.25, 0.3) is 0 Å². The van der Waals surface area contributed by atoms with E-state index in [1.54, 1.807) is 12.4 Å². The Balaban J connectivity index is 2.13. The normalized spacial score (nSPS) is 12.4. The maximum atomic E-state index is 5.88. The Morgan fingerprint density at radius 2 is 2.12 bits per heavy atom. The summed E-state index contributed by atoms with van der Waals surface area (Å²) >= 11 is 7.39. The fourth-order valence-electron chi connectivity index (χ4n) is 1.28. The number of nitrogens with zero attached hydrogens (tertiary/aromatic N) is 2. The van der Waals surface area contributed by atoms with Gasteiger partial charge in [-0.15, -0.1) is 11.3 Å². The van der Waals surface area contributed by atoms with E-state index in [0.29, 0.717) is 12.5 Å². The van der Waals surface area contributed by atoms with Crippen LogP contribution in [0.5, 0.6) is 0 Å². The monoisotopic (exact) mass is 268 g/mol. The fraction of sp³-hybridized carbons (Fsp3) is 0.273. The largest absolute Gasteiger partial charge is 0.351 e. The zero-order valence-electron chi connectivity index (χ0n) is 9.35. The minimum Gasteiger partial charge on any atom is -0.351 e. The van der Waals surface area contributed by atoms with Gasteiger partial charge in [0.1, 0.15) is 0 Å². The molecule has 0 aliphatic rings. The Kier molecular flexibility index (Phi) is 3.93. The number of hydrogen-bond donors (Lipinski definition) is 2. The van der Waals surface area contributed by atoms with Gasteiger partial charge in [0.2, 0.25) is 5.95 Å². The number of anilines is 1. The highest BCUT2D eigenvalue weighted by atomic mass is 35.5. The van der Waals surface area contributed by atoms with Crippen LogP contribution in [0.3, 0.4) is 0 Å². The third kappa shape index (κ3) is 3.15. The van der Waals surface area contributed by atoms with Crippen LogP contribution < -0.4 is 11.1 Å². The van der Waals surface area contributed by atoms with Crippen molar-refractivity contribution in [1.29, 1.82) is 0 Å². The summed E-state index contributed by atoms with van der Waals surface area (Å²) in [5, 5.41) is 3.11. The van der Waals surface area contributed by atoms with Gasteiger partial charge in [-0.3, -0.25) is 0 Å². The van der Waals surface area contributed by atoms with Gasteiger partial charge in [-0.05, 0) is 19.1 Å². The van der Waals surface area contributed by atoms with Crippen LogP contribution in [-0.2, 0) is 0 Å². The van der Waals surface area contributed by atoms with E-state index in [0.717, 1.165) is 14.8 Å². The van der Waals surface area contributed by atoms with Crippen LogP contribution in [0.4, 0.5) is 5.95 Å².